The van der Waals surface area contributed by atoms with E-state index in [1.165, 1.54) is 7.11 Å². The minimum atomic E-state index is -0.970. The molecule has 1 heterocycles. The standard InChI is InChI=1S/C26H24O5/c1-29-25(26(27)28)16-18-10-12-20(13-11-18)30-15-14-22-21-7-3-2-6-19(21)17-31-24-9-5-4-8-23(22)24/h2-14,25H,15-17H2,1H3,(H,27,28). The van der Waals surface area contributed by atoms with Gasteiger partial charge in [-0.05, 0) is 46.5 Å². The van der Waals surface area contributed by atoms with Gasteiger partial charge in [-0.15, -0.1) is 0 Å². The minimum Gasteiger partial charge on any atom is -0.490 e. The summed E-state index contributed by atoms with van der Waals surface area (Å²) in [6.45, 7) is 0.929. The first-order valence-corrected chi connectivity index (χ1v) is 10.1. The van der Waals surface area contributed by atoms with Gasteiger partial charge in [0.25, 0.3) is 0 Å². The van der Waals surface area contributed by atoms with Crippen molar-refractivity contribution in [2.75, 3.05) is 13.7 Å². The summed E-state index contributed by atoms with van der Waals surface area (Å²) >= 11 is 0. The summed E-state index contributed by atoms with van der Waals surface area (Å²) < 4.78 is 17.0. The van der Waals surface area contributed by atoms with Gasteiger partial charge in [0.1, 0.15) is 24.7 Å². The summed E-state index contributed by atoms with van der Waals surface area (Å²) in [6, 6.07) is 23.7. The number of carbonyl (C=O) groups is 1. The number of benzene rings is 3. The Morgan fingerprint density at radius 3 is 2.48 bits per heavy atom. The summed E-state index contributed by atoms with van der Waals surface area (Å²) in [5.41, 5.74) is 5.30. The van der Waals surface area contributed by atoms with Crippen LogP contribution in [0.1, 0.15) is 22.3 Å². The molecule has 0 bridgehead atoms. The lowest BCUT2D eigenvalue weighted by Crippen LogP contribution is -2.24. The molecule has 3 aromatic carbocycles. The molecule has 0 aliphatic carbocycles. The van der Waals surface area contributed by atoms with Gasteiger partial charge in [0.2, 0.25) is 0 Å². The minimum absolute atomic E-state index is 0.309. The molecule has 1 aliphatic rings. The van der Waals surface area contributed by atoms with Crippen molar-refractivity contribution in [3.8, 4) is 11.5 Å². The van der Waals surface area contributed by atoms with Crippen LogP contribution >= 0.6 is 0 Å². The summed E-state index contributed by atoms with van der Waals surface area (Å²) in [7, 11) is 1.40. The smallest absolute Gasteiger partial charge is 0.333 e. The Labute approximate surface area is 181 Å². The molecule has 5 heteroatoms. The topological polar surface area (TPSA) is 65.0 Å². The molecule has 5 nitrogen and oxygen atoms in total. The van der Waals surface area contributed by atoms with Gasteiger partial charge in [0.15, 0.2) is 6.10 Å². The summed E-state index contributed by atoms with van der Waals surface area (Å²) in [5.74, 6) is 0.610. The maximum absolute atomic E-state index is 11.1. The SMILES string of the molecule is COC(Cc1ccc(OCC=C2c3ccccc3COc3ccccc32)cc1)C(=O)O. The van der Waals surface area contributed by atoms with Crippen LogP contribution in [0.25, 0.3) is 5.57 Å². The first kappa shape index (κ1) is 20.7. The molecule has 0 saturated carbocycles. The fraction of sp³-hybridized carbons (Fsp3) is 0.192. The van der Waals surface area contributed by atoms with Crippen molar-refractivity contribution in [2.45, 2.75) is 19.1 Å². The highest BCUT2D eigenvalue weighted by Gasteiger charge is 2.18. The quantitative estimate of drug-likeness (QED) is 0.603. The van der Waals surface area contributed by atoms with Crippen molar-refractivity contribution in [1.82, 2.24) is 0 Å². The highest BCUT2D eigenvalue weighted by molar-refractivity contribution is 5.85. The van der Waals surface area contributed by atoms with E-state index in [2.05, 4.69) is 24.3 Å². The zero-order valence-electron chi connectivity index (χ0n) is 17.3. The second-order valence-corrected chi connectivity index (χ2v) is 7.28. The predicted molar refractivity (Wildman–Crippen MR) is 118 cm³/mol. The third-order valence-corrected chi connectivity index (χ3v) is 5.31. The van der Waals surface area contributed by atoms with Crippen molar-refractivity contribution < 1.29 is 24.1 Å². The molecule has 31 heavy (non-hydrogen) atoms. The van der Waals surface area contributed by atoms with Crippen molar-refractivity contribution >= 4 is 11.5 Å². The van der Waals surface area contributed by atoms with Gasteiger partial charge >= 0.3 is 5.97 Å². The number of aliphatic carboxylic acids is 1. The van der Waals surface area contributed by atoms with Crippen LogP contribution in [0.3, 0.4) is 0 Å². The van der Waals surface area contributed by atoms with E-state index in [-0.39, 0.29) is 0 Å². The summed E-state index contributed by atoms with van der Waals surface area (Å²) in [6.07, 6.45) is 1.53. The molecule has 0 spiro atoms. The number of rotatable bonds is 7. The number of ether oxygens (including phenoxy) is 3. The van der Waals surface area contributed by atoms with Crippen LogP contribution in [0.2, 0.25) is 0 Å². The van der Waals surface area contributed by atoms with Crippen molar-refractivity contribution in [3.63, 3.8) is 0 Å². The van der Waals surface area contributed by atoms with E-state index in [0.717, 1.165) is 39.3 Å². The molecule has 1 aliphatic heterocycles. The summed E-state index contributed by atoms with van der Waals surface area (Å²) in [4.78, 5) is 11.1. The lowest BCUT2D eigenvalue weighted by Gasteiger charge is -2.12. The van der Waals surface area contributed by atoms with Crippen molar-refractivity contribution in [2.24, 2.45) is 0 Å². The largest absolute Gasteiger partial charge is 0.490 e. The number of carboxylic acids is 1. The zero-order chi connectivity index (χ0) is 21.6. The summed E-state index contributed by atoms with van der Waals surface area (Å²) in [5, 5.41) is 9.12. The van der Waals surface area contributed by atoms with Crippen LogP contribution in [0.15, 0.2) is 78.9 Å². The average Bonchev–Trinajstić information content (AvgIpc) is 2.95. The van der Waals surface area contributed by atoms with E-state index in [0.29, 0.717) is 19.6 Å². The van der Waals surface area contributed by atoms with Crippen LogP contribution in [-0.2, 0) is 22.6 Å². The molecule has 0 amide bonds. The lowest BCUT2D eigenvalue weighted by atomic mass is 9.94. The molecular formula is C26H24O5. The Hall–Kier alpha value is -3.57. The number of hydrogen-bond donors (Lipinski definition) is 1. The molecule has 158 valence electrons. The van der Waals surface area contributed by atoms with Gasteiger partial charge in [-0.2, -0.15) is 0 Å². The Kier molecular flexibility index (Phi) is 6.34. The number of methoxy groups -OCH3 is 1. The monoisotopic (exact) mass is 416 g/mol. The fourth-order valence-electron chi connectivity index (χ4n) is 3.67. The molecule has 0 radical (unpaired) electrons. The van der Waals surface area contributed by atoms with Gasteiger partial charge in [0.05, 0.1) is 0 Å². The van der Waals surface area contributed by atoms with Gasteiger partial charge in [-0.3, -0.25) is 0 Å². The number of carboxylic acid groups (broad SMARTS) is 1. The first-order chi connectivity index (χ1) is 15.2. The van der Waals surface area contributed by atoms with Crippen molar-refractivity contribution in [1.29, 1.82) is 0 Å². The number of para-hydroxylation sites is 1. The molecule has 1 atom stereocenters. The lowest BCUT2D eigenvalue weighted by molar-refractivity contribution is -0.148. The fourth-order valence-corrected chi connectivity index (χ4v) is 3.67. The molecule has 0 saturated heterocycles. The molecule has 4 rings (SSSR count). The molecule has 3 aromatic rings. The molecule has 1 unspecified atom stereocenters. The Morgan fingerprint density at radius 2 is 1.74 bits per heavy atom. The van der Waals surface area contributed by atoms with Crippen LogP contribution in [0.5, 0.6) is 11.5 Å². The van der Waals surface area contributed by atoms with Crippen LogP contribution in [0, 0.1) is 0 Å². The van der Waals surface area contributed by atoms with E-state index in [4.69, 9.17) is 19.3 Å². The second kappa shape index (κ2) is 9.49. The predicted octanol–water partition coefficient (Wildman–Crippen LogP) is 4.73. The van der Waals surface area contributed by atoms with E-state index < -0.39 is 12.1 Å². The van der Waals surface area contributed by atoms with Crippen molar-refractivity contribution in [3.05, 3.63) is 101 Å². The zero-order valence-corrected chi connectivity index (χ0v) is 17.3. The Balaban J connectivity index is 1.51. The van der Waals surface area contributed by atoms with E-state index in [1.54, 1.807) is 0 Å². The van der Waals surface area contributed by atoms with Crippen LogP contribution in [-0.4, -0.2) is 30.9 Å². The maximum Gasteiger partial charge on any atom is 0.333 e. The van der Waals surface area contributed by atoms with E-state index >= 15 is 0 Å². The molecule has 1 N–H and O–H groups in total. The van der Waals surface area contributed by atoms with E-state index in [1.807, 2.05) is 54.6 Å². The molecule has 0 aromatic heterocycles. The van der Waals surface area contributed by atoms with E-state index in [9.17, 15) is 4.79 Å². The number of fused-ring (bicyclic) bond motifs is 2. The van der Waals surface area contributed by atoms with Gasteiger partial charge < -0.3 is 19.3 Å². The van der Waals surface area contributed by atoms with Crippen LogP contribution in [0.4, 0.5) is 0 Å². The van der Waals surface area contributed by atoms with Gasteiger partial charge in [0, 0.05) is 19.1 Å². The second-order valence-electron chi connectivity index (χ2n) is 7.28. The highest BCUT2D eigenvalue weighted by Crippen LogP contribution is 2.36. The normalized spacial score (nSPS) is 14.7. The van der Waals surface area contributed by atoms with Gasteiger partial charge in [-0.25, -0.2) is 4.79 Å². The number of hydrogen-bond acceptors (Lipinski definition) is 4. The molecule has 0 fully saturated rings. The average molecular weight is 416 g/mol. The third kappa shape index (κ3) is 4.78. The Morgan fingerprint density at radius 1 is 1.03 bits per heavy atom. The molecular weight excluding hydrogens is 392 g/mol. The van der Waals surface area contributed by atoms with Gasteiger partial charge in [-0.1, -0.05) is 54.6 Å². The van der Waals surface area contributed by atoms with Crippen LogP contribution < -0.4 is 9.47 Å². The highest BCUT2D eigenvalue weighted by atomic mass is 16.5. The maximum atomic E-state index is 11.1. The third-order valence-electron chi connectivity index (χ3n) is 5.31. The first-order valence-electron chi connectivity index (χ1n) is 10.1. The Bertz CT molecular complexity index is 1040.